The van der Waals surface area contributed by atoms with E-state index in [4.69, 9.17) is 4.74 Å². The van der Waals surface area contributed by atoms with Crippen molar-refractivity contribution in [3.8, 4) is 11.6 Å². The number of nitrogens with one attached hydrogen (secondary N) is 3. The molecule has 0 spiro atoms. The monoisotopic (exact) mass is 534 g/mol. The lowest BCUT2D eigenvalue weighted by Gasteiger charge is -2.14. The number of ether oxygens (including phenoxy) is 1. The SMILES string of the molecule is CNC1=C(C)CC(c2cccnc2Oc2ccc(NC(=O)c3cccnc3Nc3cccc(F)c3)cc2)=CC=N1. The molecule has 1 aliphatic rings. The first-order chi connectivity index (χ1) is 19.5. The van der Waals surface area contributed by atoms with E-state index in [-0.39, 0.29) is 11.7 Å². The highest BCUT2D eigenvalue weighted by Crippen LogP contribution is 2.33. The summed E-state index contributed by atoms with van der Waals surface area (Å²) in [5, 5.41) is 8.99. The lowest BCUT2D eigenvalue weighted by Crippen LogP contribution is -2.14. The molecule has 0 saturated carbocycles. The number of anilines is 3. The van der Waals surface area contributed by atoms with Crippen LogP contribution in [0, 0.1) is 5.82 Å². The fourth-order valence-corrected chi connectivity index (χ4v) is 4.23. The molecule has 1 amide bonds. The fourth-order valence-electron chi connectivity index (χ4n) is 4.23. The van der Waals surface area contributed by atoms with Crippen LogP contribution in [0.1, 0.15) is 29.3 Å². The third-order valence-electron chi connectivity index (χ3n) is 6.16. The molecule has 0 radical (unpaired) electrons. The zero-order valence-corrected chi connectivity index (χ0v) is 22.0. The number of benzene rings is 2. The third-order valence-corrected chi connectivity index (χ3v) is 6.16. The number of halogens is 1. The molecule has 1 aliphatic heterocycles. The first kappa shape index (κ1) is 26.3. The molecular formula is C31H27FN6O2. The Morgan fingerprint density at radius 3 is 2.55 bits per heavy atom. The maximum absolute atomic E-state index is 13.6. The quantitative estimate of drug-likeness (QED) is 0.232. The summed E-state index contributed by atoms with van der Waals surface area (Å²) in [5.74, 6) is 1.46. The van der Waals surface area contributed by atoms with Gasteiger partial charge in [0.15, 0.2) is 0 Å². The molecule has 2 aromatic heterocycles. The van der Waals surface area contributed by atoms with Crippen molar-refractivity contribution >= 4 is 34.9 Å². The summed E-state index contributed by atoms with van der Waals surface area (Å²) in [6, 6.07) is 20.1. The minimum Gasteiger partial charge on any atom is -0.438 e. The van der Waals surface area contributed by atoms with Crippen molar-refractivity contribution in [3.05, 3.63) is 120 Å². The fraction of sp³-hybridized carbons (Fsp3) is 0.0968. The highest BCUT2D eigenvalue weighted by Gasteiger charge is 2.16. The number of rotatable bonds is 8. The smallest absolute Gasteiger partial charge is 0.259 e. The Bertz CT molecular complexity index is 1630. The number of hydrogen-bond acceptors (Lipinski definition) is 7. The van der Waals surface area contributed by atoms with Gasteiger partial charge >= 0.3 is 0 Å². The number of allylic oxidation sites excluding steroid dienone is 3. The normalized spacial score (nSPS) is 12.8. The van der Waals surface area contributed by atoms with Crippen LogP contribution in [-0.2, 0) is 0 Å². The van der Waals surface area contributed by atoms with Gasteiger partial charge in [0, 0.05) is 42.6 Å². The lowest BCUT2D eigenvalue weighted by molar-refractivity contribution is 0.102. The van der Waals surface area contributed by atoms with E-state index in [1.165, 1.54) is 12.1 Å². The minimum absolute atomic E-state index is 0.316. The number of hydrogen-bond donors (Lipinski definition) is 3. The molecular weight excluding hydrogens is 507 g/mol. The third kappa shape index (κ3) is 6.21. The van der Waals surface area contributed by atoms with E-state index in [2.05, 4.69) is 30.9 Å². The van der Waals surface area contributed by atoms with Gasteiger partial charge in [0.05, 0.1) is 5.56 Å². The van der Waals surface area contributed by atoms with Crippen LogP contribution < -0.4 is 20.7 Å². The Kier molecular flexibility index (Phi) is 7.92. The summed E-state index contributed by atoms with van der Waals surface area (Å²) in [5.41, 5.74) is 4.40. The Morgan fingerprint density at radius 1 is 0.950 bits per heavy atom. The van der Waals surface area contributed by atoms with Crippen LogP contribution in [0.5, 0.6) is 11.6 Å². The van der Waals surface area contributed by atoms with Gasteiger partial charge in [0.2, 0.25) is 5.88 Å². The van der Waals surface area contributed by atoms with Crippen molar-refractivity contribution in [2.45, 2.75) is 13.3 Å². The average molecular weight is 535 g/mol. The Balaban J connectivity index is 1.29. The van der Waals surface area contributed by atoms with Crippen LogP contribution in [0.4, 0.5) is 21.6 Å². The van der Waals surface area contributed by atoms with E-state index in [0.717, 1.165) is 22.5 Å². The lowest BCUT2D eigenvalue weighted by atomic mass is 10.00. The molecule has 8 nitrogen and oxygen atoms in total. The van der Waals surface area contributed by atoms with Crippen LogP contribution in [0.15, 0.2) is 108 Å². The molecule has 3 heterocycles. The van der Waals surface area contributed by atoms with E-state index < -0.39 is 0 Å². The summed E-state index contributed by atoms with van der Waals surface area (Å²) in [6.07, 6.45) is 7.68. The van der Waals surface area contributed by atoms with Crippen LogP contribution in [0.2, 0.25) is 0 Å². The molecule has 200 valence electrons. The number of amides is 1. The number of pyridine rings is 2. The van der Waals surface area contributed by atoms with Gasteiger partial charge in [-0.15, -0.1) is 0 Å². The number of aliphatic imine (C=N–C) groups is 1. The van der Waals surface area contributed by atoms with Gasteiger partial charge in [0.25, 0.3) is 5.91 Å². The van der Waals surface area contributed by atoms with Gasteiger partial charge in [-0.25, -0.2) is 19.4 Å². The van der Waals surface area contributed by atoms with E-state index in [1.54, 1.807) is 67.1 Å². The van der Waals surface area contributed by atoms with E-state index in [0.29, 0.717) is 40.8 Å². The van der Waals surface area contributed by atoms with Crippen LogP contribution in [0.3, 0.4) is 0 Å². The molecule has 0 aliphatic carbocycles. The highest BCUT2D eigenvalue weighted by atomic mass is 19.1. The van der Waals surface area contributed by atoms with Gasteiger partial charge in [-0.2, -0.15) is 0 Å². The predicted molar refractivity (Wildman–Crippen MR) is 155 cm³/mol. The second-order valence-electron chi connectivity index (χ2n) is 9.00. The van der Waals surface area contributed by atoms with Gasteiger partial charge in [-0.3, -0.25) is 4.79 Å². The zero-order valence-electron chi connectivity index (χ0n) is 22.0. The molecule has 3 N–H and O–H groups in total. The Labute approximate surface area is 231 Å². The molecule has 0 fully saturated rings. The van der Waals surface area contributed by atoms with Crippen LogP contribution in [-0.4, -0.2) is 29.1 Å². The first-order valence-electron chi connectivity index (χ1n) is 12.6. The van der Waals surface area contributed by atoms with Crippen molar-refractivity contribution in [1.82, 2.24) is 15.3 Å². The number of aromatic nitrogens is 2. The molecule has 0 saturated heterocycles. The summed E-state index contributed by atoms with van der Waals surface area (Å²) >= 11 is 0. The highest BCUT2D eigenvalue weighted by molar-refractivity contribution is 6.07. The summed E-state index contributed by atoms with van der Waals surface area (Å²) in [4.78, 5) is 26.2. The van der Waals surface area contributed by atoms with Crippen molar-refractivity contribution in [3.63, 3.8) is 0 Å². The van der Waals surface area contributed by atoms with Crippen molar-refractivity contribution in [1.29, 1.82) is 0 Å². The molecule has 40 heavy (non-hydrogen) atoms. The van der Waals surface area contributed by atoms with Crippen LogP contribution in [0.25, 0.3) is 5.57 Å². The first-order valence-corrected chi connectivity index (χ1v) is 12.6. The van der Waals surface area contributed by atoms with Gasteiger partial charge in [0.1, 0.15) is 23.2 Å². The summed E-state index contributed by atoms with van der Waals surface area (Å²) < 4.78 is 19.7. The van der Waals surface area contributed by atoms with Gasteiger partial charge in [-0.05, 0) is 97.3 Å². The second kappa shape index (κ2) is 12.0. The standard InChI is InChI=1S/C31H27FN6O2/c1-20-18-21(14-17-35-28(20)33-2)26-8-4-16-36-31(26)40-25-12-10-23(11-13-25)38-30(39)27-9-5-15-34-29(27)37-24-7-3-6-22(32)19-24/h3-17,19,33H,18H2,1-2H3,(H,34,37)(H,38,39). The summed E-state index contributed by atoms with van der Waals surface area (Å²) in [6.45, 7) is 2.04. The minimum atomic E-state index is -0.387. The molecule has 0 atom stereocenters. The van der Waals surface area contributed by atoms with Gasteiger partial charge < -0.3 is 20.7 Å². The zero-order chi connectivity index (χ0) is 27.9. The number of nitrogens with zero attached hydrogens (tertiary/aromatic N) is 3. The Morgan fingerprint density at radius 2 is 1.75 bits per heavy atom. The molecule has 0 unspecified atom stereocenters. The van der Waals surface area contributed by atoms with E-state index in [9.17, 15) is 9.18 Å². The molecule has 9 heteroatoms. The molecule has 4 aromatic rings. The molecule has 5 rings (SSSR count). The second-order valence-corrected chi connectivity index (χ2v) is 9.00. The molecule has 0 bridgehead atoms. The number of carbonyl (C=O) groups is 1. The predicted octanol–water partition coefficient (Wildman–Crippen LogP) is 6.71. The van der Waals surface area contributed by atoms with Crippen molar-refractivity contribution < 1.29 is 13.9 Å². The van der Waals surface area contributed by atoms with Crippen molar-refractivity contribution in [2.24, 2.45) is 4.99 Å². The average Bonchev–Trinajstić information content (AvgIpc) is 3.15. The number of carbonyl (C=O) groups excluding carboxylic acids is 1. The van der Waals surface area contributed by atoms with Crippen LogP contribution >= 0.6 is 0 Å². The maximum atomic E-state index is 13.6. The van der Waals surface area contributed by atoms with E-state index >= 15 is 0 Å². The topological polar surface area (TPSA) is 101 Å². The summed E-state index contributed by atoms with van der Waals surface area (Å²) in [7, 11) is 1.85. The maximum Gasteiger partial charge on any atom is 0.259 e. The largest absolute Gasteiger partial charge is 0.438 e. The Hall–Kier alpha value is -5.31. The van der Waals surface area contributed by atoms with Gasteiger partial charge in [-0.1, -0.05) is 6.07 Å². The molecule has 2 aromatic carbocycles. The van der Waals surface area contributed by atoms with E-state index in [1.807, 2.05) is 32.2 Å². The van der Waals surface area contributed by atoms with Crippen molar-refractivity contribution in [2.75, 3.05) is 17.7 Å².